The van der Waals surface area contributed by atoms with Gasteiger partial charge in [0, 0.05) is 30.2 Å². The summed E-state index contributed by atoms with van der Waals surface area (Å²) in [5.41, 5.74) is 6.83. The summed E-state index contributed by atoms with van der Waals surface area (Å²) < 4.78 is 11.4. The molecule has 0 saturated carbocycles. The Morgan fingerprint density at radius 1 is 1.17 bits per heavy atom. The molecule has 2 heterocycles. The third kappa shape index (κ3) is 4.33. The van der Waals surface area contributed by atoms with E-state index < -0.39 is 5.91 Å². The predicted octanol–water partition coefficient (Wildman–Crippen LogP) is 2.38. The van der Waals surface area contributed by atoms with Gasteiger partial charge < -0.3 is 25.3 Å². The zero-order valence-electron chi connectivity index (χ0n) is 16.1. The highest BCUT2D eigenvalue weighted by atomic mass is 16.5. The Morgan fingerprint density at radius 2 is 1.97 bits per heavy atom. The summed E-state index contributed by atoms with van der Waals surface area (Å²) in [5, 5.41) is 13.3. The number of carbonyl (C=O) groups is 2. The van der Waals surface area contributed by atoms with E-state index in [1.165, 1.54) is 12.1 Å². The highest BCUT2D eigenvalue weighted by Gasteiger charge is 2.18. The number of phenolic OH excluding ortho intramolecular Hbond substituents is 1. The molecular weight excluding hydrogens is 386 g/mol. The van der Waals surface area contributed by atoms with Gasteiger partial charge in [-0.05, 0) is 55.3 Å². The highest BCUT2D eigenvalue weighted by Crippen LogP contribution is 2.20. The number of aromatic hydroxyl groups is 1. The lowest BCUT2D eigenvalue weighted by Crippen LogP contribution is -2.34. The first-order chi connectivity index (χ1) is 14.5. The summed E-state index contributed by atoms with van der Waals surface area (Å²) in [6.07, 6.45) is 1.90. The van der Waals surface area contributed by atoms with E-state index in [-0.39, 0.29) is 28.9 Å². The molecule has 1 aliphatic heterocycles. The highest BCUT2D eigenvalue weighted by molar-refractivity contribution is 5.96. The molecule has 1 saturated heterocycles. The second-order valence-corrected chi connectivity index (χ2v) is 7.06. The van der Waals surface area contributed by atoms with Gasteiger partial charge in [0.1, 0.15) is 16.9 Å². The third-order valence-electron chi connectivity index (χ3n) is 4.88. The van der Waals surface area contributed by atoms with Crippen LogP contribution in [0.2, 0.25) is 0 Å². The SMILES string of the molecule is NC(=O)c1ccc(N=c2oc3cc(O)ccc3cc2C(=O)NC[C@H]2CCCO2)cc1. The van der Waals surface area contributed by atoms with Crippen molar-refractivity contribution in [1.29, 1.82) is 0 Å². The topological polar surface area (TPSA) is 127 Å². The molecule has 1 aliphatic rings. The number of amides is 2. The number of nitrogens with zero attached hydrogens (tertiary/aromatic N) is 1. The number of ether oxygens (including phenoxy) is 1. The number of hydrogen-bond acceptors (Lipinski definition) is 6. The molecule has 2 amide bonds. The van der Waals surface area contributed by atoms with Gasteiger partial charge in [0.2, 0.25) is 11.5 Å². The smallest absolute Gasteiger partial charge is 0.256 e. The Morgan fingerprint density at radius 3 is 2.67 bits per heavy atom. The van der Waals surface area contributed by atoms with E-state index in [9.17, 15) is 14.7 Å². The molecule has 0 spiro atoms. The Labute approximate surface area is 172 Å². The van der Waals surface area contributed by atoms with Crippen molar-refractivity contribution in [1.82, 2.24) is 5.32 Å². The largest absolute Gasteiger partial charge is 0.508 e. The van der Waals surface area contributed by atoms with Crippen molar-refractivity contribution in [2.24, 2.45) is 10.7 Å². The fourth-order valence-corrected chi connectivity index (χ4v) is 3.28. The summed E-state index contributed by atoms with van der Waals surface area (Å²) in [6, 6.07) is 12.6. The molecule has 0 unspecified atom stereocenters. The van der Waals surface area contributed by atoms with E-state index in [4.69, 9.17) is 14.9 Å². The van der Waals surface area contributed by atoms with Crippen LogP contribution in [-0.4, -0.2) is 36.2 Å². The number of nitrogens with one attached hydrogen (secondary N) is 1. The van der Waals surface area contributed by atoms with Crippen molar-refractivity contribution >= 4 is 28.5 Å². The van der Waals surface area contributed by atoms with Crippen molar-refractivity contribution < 1.29 is 23.8 Å². The summed E-state index contributed by atoms with van der Waals surface area (Å²) in [5.74, 6) is -0.836. The number of rotatable bonds is 5. The maximum atomic E-state index is 12.9. The molecule has 3 aromatic rings. The van der Waals surface area contributed by atoms with Crippen molar-refractivity contribution in [3.63, 3.8) is 0 Å². The summed E-state index contributed by atoms with van der Waals surface area (Å²) >= 11 is 0. The van der Waals surface area contributed by atoms with Gasteiger partial charge in [0.15, 0.2) is 0 Å². The maximum absolute atomic E-state index is 12.9. The van der Waals surface area contributed by atoms with Gasteiger partial charge in [0.25, 0.3) is 5.91 Å². The number of nitrogens with two attached hydrogens (primary N) is 1. The normalized spacial score (nSPS) is 16.7. The van der Waals surface area contributed by atoms with Crippen LogP contribution in [-0.2, 0) is 4.74 Å². The molecule has 1 atom stereocenters. The van der Waals surface area contributed by atoms with Crippen molar-refractivity contribution in [3.8, 4) is 5.75 Å². The van der Waals surface area contributed by atoms with Gasteiger partial charge in [-0.15, -0.1) is 0 Å². The molecule has 8 nitrogen and oxygen atoms in total. The van der Waals surface area contributed by atoms with E-state index in [1.807, 2.05) is 0 Å². The molecule has 1 aromatic heterocycles. The average Bonchev–Trinajstić information content (AvgIpc) is 3.25. The van der Waals surface area contributed by atoms with Crippen LogP contribution in [0.1, 0.15) is 33.6 Å². The van der Waals surface area contributed by atoms with Gasteiger partial charge in [0.05, 0.1) is 11.8 Å². The number of benzene rings is 2. The van der Waals surface area contributed by atoms with E-state index in [0.29, 0.717) is 35.4 Å². The summed E-state index contributed by atoms with van der Waals surface area (Å²) in [6.45, 7) is 1.11. The van der Waals surface area contributed by atoms with Crippen molar-refractivity contribution in [2.45, 2.75) is 18.9 Å². The van der Waals surface area contributed by atoms with Gasteiger partial charge in [-0.3, -0.25) is 9.59 Å². The van der Waals surface area contributed by atoms with Crippen molar-refractivity contribution in [2.75, 3.05) is 13.2 Å². The predicted molar refractivity (Wildman–Crippen MR) is 109 cm³/mol. The standard InChI is InChI=1S/C22H21N3O5/c23-20(27)13-3-6-15(7-4-13)25-22-18(21(28)24-12-17-2-1-9-29-17)10-14-5-8-16(26)11-19(14)30-22/h3-8,10-11,17,26H,1-2,9,12H2,(H2,23,27)(H,24,28)/t17-/m1/s1. The van der Waals surface area contributed by atoms with Crippen LogP contribution in [0.4, 0.5) is 5.69 Å². The Balaban J connectivity index is 1.73. The zero-order chi connectivity index (χ0) is 21.1. The molecule has 4 N–H and O–H groups in total. The minimum atomic E-state index is -0.540. The summed E-state index contributed by atoms with van der Waals surface area (Å²) in [7, 11) is 0. The summed E-state index contributed by atoms with van der Waals surface area (Å²) in [4.78, 5) is 28.6. The van der Waals surface area contributed by atoms with Gasteiger partial charge in [-0.1, -0.05) is 0 Å². The van der Waals surface area contributed by atoms with Crippen LogP contribution in [0.5, 0.6) is 5.75 Å². The molecule has 0 aliphatic carbocycles. The Bertz CT molecular complexity index is 1160. The molecule has 0 bridgehead atoms. The Hall–Kier alpha value is -3.65. The molecule has 8 heteroatoms. The first-order valence-electron chi connectivity index (χ1n) is 9.61. The number of phenols is 1. The molecular formula is C22H21N3O5. The fraction of sp³-hybridized carbons (Fsp3) is 0.227. The number of hydrogen-bond donors (Lipinski definition) is 3. The van der Waals surface area contributed by atoms with Crippen LogP contribution in [0.15, 0.2) is 57.9 Å². The first kappa shape index (κ1) is 19.7. The average molecular weight is 407 g/mol. The monoisotopic (exact) mass is 407 g/mol. The van der Waals surface area contributed by atoms with E-state index in [0.717, 1.165) is 12.8 Å². The maximum Gasteiger partial charge on any atom is 0.256 e. The molecule has 2 aromatic carbocycles. The van der Waals surface area contributed by atoms with Crippen LogP contribution < -0.4 is 16.6 Å². The lowest BCUT2D eigenvalue weighted by atomic mass is 10.1. The minimum absolute atomic E-state index is 0.00465. The van der Waals surface area contributed by atoms with Crippen LogP contribution in [0, 0.1) is 0 Å². The second-order valence-electron chi connectivity index (χ2n) is 7.06. The lowest BCUT2D eigenvalue weighted by Gasteiger charge is -2.11. The molecule has 30 heavy (non-hydrogen) atoms. The first-order valence-corrected chi connectivity index (χ1v) is 9.61. The van der Waals surface area contributed by atoms with E-state index in [1.54, 1.807) is 36.4 Å². The van der Waals surface area contributed by atoms with E-state index >= 15 is 0 Å². The quantitative estimate of drug-likeness (QED) is 0.598. The number of fused-ring (bicyclic) bond motifs is 1. The van der Waals surface area contributed by atoms with E-state index in [2.05, 4.69) is 10.3 Å². The molecule has 154 valence electrons. The molecule has 4 rings (SSSR count). The number of primary amides is 1. The van der Waals surface area contributed by atoms with Gasteiger partial charge in [-0.2, -0.15) is 0 Å². The van der Waals surface area contributed by atoms with Gasteiger partial charge in [-0.25, -0.2) is 4.99 Å². The second kappa shape index (κ2) is 8.38. The van der Waals surface area contributed by atoms with Crippen LogP contribution in [0.25, 0.3) is 11.0 Å². The zero-order valence-corrected chi connectivity index (χ0v) is 16.1. The lowest BCUT2D eigenvalue weighted by molar-refractivity contribution is 0.0854. The van der Waals surface area contributed by atoms with Crippen molar-refractivity contribution in [3.05, 3.63) is 65.2 Å². The van der Waals surface area contributed by atoms with Crippen LogP contribution in [0.3, 0.4) is 0 Å². The van der Waals surface area contributed by atoms with Crippen LogP contribution >= 0.6 is 0 Å². The van der Waals surface area contributed by atoms with Gasteiger partial charge >= 0.3 is 0 Å². The fourth-order valence-electron chi connectivity index (χ4n) is 3.28. The minimum Gasteiger partial charge on any atom is -0.508 e. The third-order valence-corrected chi connectivity index (χ3v) is 4.88. The Kier molecular flexibility index (Phi) is 5.49. The molecule has 0 radical (unpaired) electrons. The molecule has 1 fully saturated rings. The number of carbonyl (C=O) groups excluding carboxylic acids is 2.